The van der Waals surface area contributed by atoms with E-state index in [4.69, 9.17) is 11.6 Å². The van der Waals surface area contributed by atoms with E-state index in [1.807, 2.05) is 0 Å². The number of piperidine rings is 1. The summed E-state index contributed by atoms with van der Waals surface area (Å²) in [6, 6.07) is 0.501. The first-order chi connectivity index (χ1) is 7.16. The Morgan fingerprint density at radius 2 is 2.27 bits per heavy atom. The van der Waals surface area contributed by atoms with Crippen molar-refractivity contribution in [2.75, 3.05) is 11.4 Å². The number of anilines is 1. The van der Waals surface area contributed by atoms with E-state index in [2.05, 4.69) is 33.9 Å². The molecule has 1 aliphatic rings. The van der Waals surface area contributed by atoms with E-state index in [9.17, 15) is 0 Å². The molecule has 1 aromatic rings. The maximum Gasteiger partial charge on any atom is 0.244 e. The molecule has 1 aromatic heterocycles. The monoisotopic (exact) mass is 226 g/mol. The van der Waals surface area contributed by atoms with Crippen LogP contribution in [0.4, 0.5) is 5.82 Å². The molecule has 0 aromatic carbocycles. The van der Waals surface area contributed by atoms with Gasteiger partial charge in [0, 0.05) is 12.6 Å². The van der Waals surface area contributed by atoms with Crippen molar-refractivity contribution in [3.8, 4) is 0 Å². The number of hydrogen-bond donors (Lipinski definition) is 0. The Morgan fingerprint density at radius 3 is 2.93 bits per heavy atom. The topological polar surface area (TPSA) is 41.9 Å². The Kier molecular flexibility index (Phi) is 3.05. The van der Waals surface area contributed by atoms with Crippen molar-refractivity contribution in [1.82, 2.24) is 15.2 Å². The smallest absolute Gasteiger partial charge is 0.244 e. The van der Waals surface area contributed by atoms with Crippen LogP contribution in [0.5, 0.6) is 0 Å². The number of rotatable bonds is 1. The minimum absolute atomic E-state index is 0.221. The average Bonchev–Trinajstić information content (AvgIpc) is 2.17. The average molecular weight is 227 g/mol. The van der Waals surface area contributed by atoms with Gasteiger partial charge in [-0.25, -0.2) is 0 Å². The highest BCUT2D eigenvalue weighted by molar-refractivity contribution is 6.28. The molecule has 82 valence electrons. The highest BCUT2D eigenvalue weighted by Crippen LogP contribution is 2.26. The summed E-state index contributed by atoms with van der Waals surface area (Å²) in [5.74, 6) is 1.64. The summed E-state index contributed by atoms with van der Waals surface area (Å²) in [6.07, 6.45) is 4.08. The second kappa shape index (κ2) is 4.31. The molecule has 0 N–H and O–H groups in total. The first-order valence-electron chi connectivity index (χ1n) is 5.28. The zero-order valence-corrected chi connectivity index (χ0v) is 9.78. The van der Waals surface area contributed by atoms with Crippen LogP contribution in [0.15, 0.2) is 6.20 Å². The van der Waals surface area contributed by atoms with Gasteiger partial charge in [0.25, 0.3) is 0 Å². The number of hydrogen-bond acceptors (Lipinski definition) is 4. The van der Waals surface area contributed by atoms with Crippen LogP contribution in [-0.2, 0) is 0 Å². The lowest BCUT2D eigenvalue weighted by Crippen LogP contribution is -2.40. The van der Waals surface area contributed by atoms with Crippen molar-refractivity contribution in [3.05, 3.63) is 11.5 Å². The molecule has 0 radical (unpaired) electrons. The van der Waals surface area contributed by atoms with Crippen LogP contribution < -0.4 is 4.90 Å². The molecular weight excluding hydrogens is 212 g/mol. The molecule has 15 heavy (non-hydrogen) atoms. The molecule has 0 amide bonds. The third kappa shape index (κ3) is 2.37. The van der Waals surface area contributed by atoms with Crippen LogP contribution in [0.25, 0.3) is 0 Å². The molecule has 1 saturated heterocycles. The van der Waals surface area contributed by atoms with E-state index in [0.29, 0.717) is 6.04 Å². The first kappa shape index (κ1) is 10.6. The number of nitrogens with zero attached hydrogens (tertiary/aromatic N) is 4. The van der Waals surface area contributed by atoms with Crippen molar-refractivity contribution in [3.63, 3.8) is 0 Å². The van der Waals surface area contributed by atoms with Crippen molar-refractivity contribution >= 4 is 17.4 Å². The maximum absolute atomic E-state index is 5.73. The summed E-state index contributed by atoms with van der Waals surface area (Å²) >= 11 is 5.73. The van der Waals surface area contributed by atoms with E-state index in [-0.39, 0.29) is 5.28 Å². The Labute approximate surface area is 94.7 Å². The first-order valence-corrected chi connectivity index (χ1v) is 5.66. The van der Waals surface area contributed by atoms with Gasteiger partial charge in [-0.1, -0.05) is 6.92 Å². The van der Waals surface area contributed by atoms with Gasteiger partial charge in [-0.3, -0.25) is 0 Å². The third-order valence-electron chi connectivity index (χ3n) is 2.95. The minimum Gasteiger partial charge on any atom is -0.352 e. The van der Waals surface area contributed by atoms with E-state index in [1.54, 1.807) is 6.20 Å². The summed E-state index contributed by atoms with van der Waals surface area (Å²) in [7, 11) is 0. The molecule has 2 rings (SSSR count). The molecule has 4 nitrogen and oxygen atoms in total. The molecule has 0 saturated carbocycles. The Balaban J connectivity index is 2.17. The normalized spacial score (nSPS) is 26.7. The van der Waals surface area contributed by atoms with Crippen LogP contribution >= 0.6 is 11.6 Å². The third-order valence-corrected chi connectivity index (χ3v) is 3.11. The fraction of sp³-hybridized carbons (Fsp3) is 0.700. The zero-order chi connectivity index (χ0) is 10.8. The van der Waals surface area contributed by atoms with Crippen LogP contribution in [0.1, 0.15) is 26.7 Å². The van der Waals surface area contributed by atoms with Crippen LogP contribution in [0, 0.1) is 5.92 Å². The van der Waals surface area contributed by atoms with E-state index in [1.165, 1.54) is 12.8 Å². The highest BCUT2D eigenvalue weighted by Gasteiger charge is 2.24. The lowest BCUT2D eigenvalue weighted by molar-refractivity contribution is 0.375. The highest BCUT2D eigenvalue weighted by atomic mass is 35.5. The summed E-state index contributed by atoms with van der Waals surface area (Å²) in [6.45, 7) is 5.53. The van der Waals surface area contributed by atoms with Gasteiger partial charge in [0.05, 0.1) is 6.20 Å². The van der Waals surface area contributed by atoms with Gasteiger partial charge in [-0.15, -0.1) is 5.10 Å². The van der Waals surface area contributed by atoms with Gasteiger partial charge in [0.1, 0.15) is 0 Å². The Morgan fingerprint density at radius 1 is 1.47 bits per heavy atom. The van der Waals surface area contributed by atoms with Crippen LogP contribution in [0.3, 0.4) is 0 Å². The minimum atomic E-state index is 0.221. The lowest BCUT2D eigenvalue weighted by atomic mass is 9.93. The summed E-state index contributed by atoms with van der Waals surface area (Å²) in [5, 5.41) is 7.70. The van der Waals surface area contributed by atoms with Crippen molar-refractivity contribution in [2.45, 2.75) is 32.7 Å². The quantitative estimate of drug-likeness (QED) is 0.736. The molecule has 2 heterocycles. The van der Waals surface area contributed by atoms with Crippen LogP contribution in [0.2, 0.25) is 5.28 Å². The molecule has 2 unspecified atom stereocenters. The fourth-order valence-electron chi connectivity index (χ4n) is 2.16. The van der Waals surface area contributed by atoms with Gasteiger partial charge < -0.3 is 4.90 Å². The standard InChI is InChI=1S/C10H15ClN4/c1-7-3-4-15(8(2)5-7)9-6-12-14-10(11)13-9/h6-8H,3-5H2,1-2H3. The maximum atomic E-state index is 5.73. The van der Waals surface area contributed by atoms with Gasteiger partial charge in [-0.05, 0) is 37.3 Å². The van der Waals surface area contributed by atoms with E-state index >= 15 is 0 Å². The lowest BCUT2D eigenvalue weighted by Gasteiger charge is -2.37. The van der Waals surface area contributed by atoms with Crippen molar-refractivity contribution in [2.24, 2.45) is 5.92 Å². The Hall–Kier alpha value is -0.900. The number of aromatic nitrogens is 3. The zero-order valence-electron chi connectivity index (χ0n) is 9.02. The van der Waals surface area contributed by atoms with E-state index in [0.717, 1.165) is 18.3 Å². The van der Waals surface area contributed by atoms with Gasteiger partial charge in [0.15, 0.2) is 5.82 Å². The van der Waals surface area contributed by atoms with Crippen molar-refractivity contribution in [1.29, 1.82) is 0 Å². The summed E-state index contributed by atoms with van der Waals surface area (Å²) < 4.78 is 0. The molecule has 1 aliphatic heterocycles. The molecular formula is C10H15ClN4. The van der Waals surface area contributed by atoms with Gasteiger partial charge >= 0.3 is 0 Å². The molecule has 0 spiro atoms. The molecule has 5 heteroatoms. The Bertz CT molecular complexity index is 344. The molecule has 0 aliphatic carbocycles. The number of halogens is 1. The molecule has 0 bridgehead atoms. The fourth-order valence-corrected chi connectivity index (χ4v) is 2.29. The SMILES string of the molecule is CC1CCN(c2cnnc(Cl)n2)C(C)C1. The molecule has 1 fully saturated rings. The predicted octanol–water partition coefficient (Wildman–Crippen LogP) is 2.15. The van der Waals surface area contributed by atoms with E-state index < -0.39 is 0 Å². The largest absolute Gasteiger partial charge is 0.352 e. The molecule has 2 atom stereocenters. The van der Waals surface area contributed by atoms with Crippen LogP contribution in [-0.4, -0.2) is 27.8 Å². The van der Waals surface area contributed by atoms with Gasteiger partial charge in [-0.2, -0.15) is 10.1 Å². The predicted molar refractivity (Wildman–Crippen MR) is 60.0 cm³/mol. The summed E-state index contributed by atoms with van der Waals surface area (Å²) in [4.78, 5) is 6.44. The summed E-state index contributed by atoms with van der Waals surface area (Å²) in [5.41, 5.74) is 0. The van der Waals surface area contributed by atoms with Crippen molar-refractivity contribution < 1.29 is 0 Å². The second-order valence-electron chi connectivity index (χ2n) is 4.26. The second-order valence-corrected chi connectivity index (χ2v) is 4.59. The van der Waals surface area contributed by atoms with Gasteiger partial charge in [0.2, 0.25) is 5.28 Å².